The zero-order valence-electron chi connectivity index (χ0n) is 21.9. The van der Waals surface area contributed by atoms with Crippen molar-refractivity contribution in [2.24, 2.45) is 5.16 Å². The Labute approximate surface area is 230 Å². The number of benzene rings is 1. The molecule has 0 aliphatic carbocycles. The summed E-state index contributed by atoms with van der Waals surface area (Å²) in [6.07, 6.45) is 4.37. The number of cyclic esters (lactones) is 1. The number of hydrogen-bond donors (Lipinski definition) is 0. The predicted octanol–water partition coefficient (Wildman–Crippen LogP) is 2.35. The Morgan fingerprint density at radius 1 is 1.12 bits per heavy atom. The van der Waals surface area contributed by atoms with Crippen molar-refractivity contribution in [3.63, 3.8) is 0 Å². The number of pyridine rings is 1. The molecule has 3 aliphatic rings. The van der Waals surface area contributed by atoms with E-state index in [0.717, 1.165) is 38.6 Å². The third-order valence-electron chi connectivity index (χ3n) is 7.06. The van der Waals surface area contributed by atoms with Gasteiger partial charge in [-0.15, -0.1) is 5.10 Å². The predicted molar refractivity (Wildman–Crippen MR) is 141 cm³/mol. The van der Waals surface area contributed by atoms with Gasteiger partial charge in [0, 0.05) is 49.6 Å². The highest BCUT2D eigenvalue weighted by Gasteiger charge is 2.33. The minimum absolute atomic E-state index is 0.153. The summed E-state index contributed by atoms with van der Waals surface area (Å²) in [4.78, 5) is 26.2. The highest BCUT2D eigenvalue weighted by atomic mass is 19.1. The molecule has 0 N–H and O–H groups in total. The topological polar surface area (TPSA) is 116 Å². The molecule has 2 fully saturated rings. The number of carbonyl (C=O) groups excluding carboxylic acids is 1. The zero-order chi connectivity index (χ0) is 27.3. The van der Waals surface area contributed by atoms with E-state index in [0.29, 0.717) is 48.7 Å². The minimum Gasteiger partial charge on any atom is -0.442 e. The summed E-state index contributed by atoms with van der Waals surface area (Å²) in [6, 6.07) is 8.28. The largest absolute Gasteiger partial charge is 0.442 e. The molecule has 5 heterocycles. The molecule has 2 aromatic heterocycles. The molecule has 0 saturated carbocycles. The van der Waals surface area contributed by atoms with Gasteiger partial charge in [-0.2, -0.15) is 0 Å². The van der Waals surface area contributed by atoms with Gasteiger partial charge < -0.3 is 19.0 Å². The van der Waals surface area contributed by atoms with E-state index in [-0.39, 0.29) is 12.6 Å². The molecule has 3 aromatic rings. The molecule has 1 aromatic carbocycles. The fraction of sp³-hybridized carbons (Fsp3) is 0.444. The number of halogens is 1. The zero-order valence-corrected chi connectivity index (χ0v) is 21.9. The Morgan fingerprint density at radius 2 is 2.02 bits per heavy atom. The molecule has 13 heteroatoms. The normalized spacial score (nSPS) is 21.4. The molecule has 6 rings (SSSR count). The molecule has 0 radical (unpaired) electrons. The van der Waals surface area contributed by atoms with Gasteiger partial charge in [0.05, 0.1) is 57.1 Å². The molecular weight excluding hydrogens is 521 g/mol. The van der Waals surface area contributed by atoms with Crippen molar-refractivity contribution >= 4 is 17.5 Å². The van der Waals surface area contributed by atoms with E-state index < -0.39 is 18.0 Å². The highest BCUT2D eigenvalue weighted by Crippen LogP contribution is 2.29. The lowest BCUT2D eigenvalue weighted by Gasteiger charge is -2.26. The van der Waals surface area contributed by atoms with Crippen molar-refractivity contribution in [2.75, 3.05) is 57.5 Å². The van der Waals surface area contributed by atoms with Crippen molar-refractivity contribution in [2.45, 2.75) is 25.2 Å². The smallest absolute Gasteiger partial charge is 0.414 e. The summed E-state index contributed by atoms with van der Waals surface area (Å²) in [5, 5.41) is 11.8. The first-order chi connectivity index (χ1) is 19.6. The summed E-state index contributed by atoms with van der Waals surface area (Å²) in [5.41, 5.74) is 2.83. The van der Waals surface area contributed by atoms with Crippen LogP contribution in [-0.4, -0.2) is 101 Å². The van der Waals surface area contributed by atoms with Crippen molar-refractivity contribution in [1.29, 1.82) is 0 Å². The van der Waals surface area contributed by atoms with Gasteiger partial charge in [0.25, 0.3) is 0 Å². The number of oxime groups is 1. The van der Waals surface area contributed by atoms with Gasteiger partial charge in [-0.1, -0.05) is 16.4 Å². The molecule has 0 spiro atoms. The molecule has 40 heavy (non-hydrogen) atoms. The van der Waals surface area contributed by atoms with Crippen LogP contribution in [-0.2, 0) is 25.6 Å². The monoisotopic (exact) mass is 551 g/mol. The molecule has 2 saturated heterocycles. The number of carbonyl (C=O) groups is 1. The lowest BCUT2D eigenvalue weighted by molar-refractivity contribution is -0.0145. The Hall–Kier alpha value is -3.94. The standard InChI is InChI=1S/C27H30FN7O5/c28-24-13-20(35-17-22(39-27(35)36)16-34-6-5-30-32-34)2-3-23(24)19-1-4-25(29-15-19)26-14-21(40-31-26)18-38-12-9-33-7-10-37-11-8-33/h1-6,13,15,21-22H,7-12,14,16-18H2/t21-,22+/m0/s1. The van der Waals surface area contributed by atoms with Crippen LogP contribution >= 0.6 is 0 Å². The minimum atomic E-state index is -0.524. The fourth-order valence-electron chi connectivity index (χ4n) is 4.90. The Bertz CT molecular complexity index is 1330. The van der Waals surface area contributed by atoms with Crippen molar-refractivity contribution in [3.8, 4) is 11.1 Å². The van der Waals surface area contributed by atoms with E-state index in [1.54, 1.807) is 47.5 Å². The molecule has 0 unspecified atom stereocenters. The van der Waals surface area contributed by atoms with Crippen molar-refractivity contribution in [3.05, 3.63) is 60.4 Å². The second kappa shape index (κ2) is 12.1. The summed E-state index contributed by atoms with van der Waals surface area (Å²) < 4.78 is 33.3. The van der Waals surface area contributed by atoms with Gasteiger partial charge in [0.2, 0.25) is 0 Å². The number of anilines is 1. The summed E-state index contributed by atoms with van der Waals surface area (Å²) in [5.74, 6) is -0.463. The number of nitrogens with zero attached hydrogens (tertiary/aromatic N) is 7. The lowest BCUT2D eigenvalue weighted by atomic mass is 10.0. The van der Waals surface area contributed by atoms with E-state index in [1.807, 2.05) is 0 Å². The number of morpholine rings is 1. The van der Waals surface area contributed by atoms with E-state index in [2.05, 4.69) is 25.4 Å². The van der Waals surface area contributed by atoms with Gasteiger partial charge >= 0.3 is 6.09 Å². The number of aromatic nitrogens is 4. The SMILES string of the molecule is O=C1O[C@H](Cn2ccnn2)CN1c1ccc(-c2ccc(C3=NO[C@H](COCCN4CCOCC4)C3)nc2)c(F)c1. The maximum atomic E-state index is 15.1. The first-order valence-electron chi connectivity index (χ1n) is 13.3. The Balaban J connectivity index is 1.01. The van der Waals surface area contributed by atoms with Crippen molar-refractivity contribution < 1.29 is 28.2 Å². The van der Waals surface area contributed by atoms with Crippen LogP contribution in [0.2, 0.25) is 0 Å². The van der Waals surface area contributed by atoms with Crippen LogP contribution in [0.1, 0.15) is 12.1 Å². The molecule has 2 atom stereocenters. The molecule has 1 amide bonds. The van der Waals surface area contributed by atoms with Crippen molar-refractivity contribution in [1.82, 2.24) is 24.9 Å². The number of hydrogen-bond acceptors (Lipinski definition) is 10. The molecular formula is C27H30FN7O5. The van der Waals surface area contributed by atoms with Crippen LogP contribution in [0.3, 0.4) is 0 Å². The van der Waals surface area contributed by atoms with Gasteiger partial charge in [-0.3, -0.25) is 14.8 Å². The average molecular weight is 552 g/mol. The van der Waals surface area contributed by atoms with Crippen LogP contribution in [0, 0.1) is 5.82 Å². The van der Waals surface area contributed by atoms with Gasteiger partial charge in [0.15, 0.2) is 6.10 Å². The van der Waals surface area contributed by atoms with E-state index >= 15 is 4.39 Å². The van der Waals surface area contributed by atoms with Crippen LogP contribution in [0.25, 0.3) is 11.1 Å². The van der Waals surface area contributed by atoms with E-state index in [4.69, 9.17) is 19.0 Å². The summed E-state index contributed by atoms with van der Waals surface area (Å²) in [6.45, 7) is 6.04. The maximum absolute atomic E-state index is 15.1. The maximum Gasteiger partial charge on any atom is 0.414 e. The molecule has 3 aliphatic heterocycles. The average Bonchev–Trinajstić information content (AvgIpc) is 3.74. The number of rotatable bonds is 10. The van der Waals surface area contributed by atoms with Crippen LogP contribution in [0.5, 0.6) is 0 Å². The Kier molecular flexibility index (Phi) is 7.93. The lowest BCUT2D eigenvalue weighted by Crippen LogP contribution is -2.38. The third kappa shape index (κ3) is 6.11. The van der Waals surface area contributed by atoms with E-state index in [9.17, 15) is 4.79 Å². The van der Waals surface area contributed by atoms with Crippen LogP contribution in [0.15, 0.2) is 54.1 Å². The summed E-state index contributed by atoms with van der Waals surface area (Å²) >= 11 is 0. The third-order valence-corrected chi connectivity index (χ3v) is 7.06. The second-order valence-electron chi connectivity index (χ2n) is 9.84. The second-order valence-corrected chi connectivity index (χ2v) is 9.84. The van der Waals surface area contributed by atoms with Gasteiger partial charge in [-0.05, 0) is 24.3 Å². The fourth-order valence-corrected chi connectivity index (χ4v) is 4.90. The summed E-state index contributed by atoms with van der Waals surface area (Å²) in [7, 11) is 0. The van der Waals surface area contributed by atoms with Gasteiger partial charge in [-0.25, -0.2) is 13.9 Å². The highest BCUT2D eigenvalue weighted by molar-refractivity contribution is 5.99. The van der Waals surface area contributed by atoms with Crippen LogP contribution in [0.4, 0.5) is 14.9 Å². The number of amides is 1. The molecule has 0 bridgehead atoms. The van der Waals surface area contributed by atoms with E-state index in [1.165, 1.54) is 11.0 Å². The van der Waals surface area contributed by atoms with Gasteiger partial charge in [0.1, 0.15) is 17.6 Å². The molecule has 210 valence electrons. The van der Waals surface area contributed by atoms with Crippen LogP contribution < -0.4 is 4.90 Å². The molecule has 12 nitrogen and oxygen atoms in total. The quantitative estimate of drug-likeness (QED) is 0.350. The Morgan fingerprint density at radius 3 is 2.80 bits per heavy atom. The number of ether oxygens (including phenoxy) is 3. The first-order valence-corrected chi connectivity index (χ1v) is 13.3. The first kappa shape index (κ1) is 26.3.